The average molecular weight is 224 g/mol. The summed E-state index contributed by atoms with van der Waals surface area (Å²) in [6.45, 7) is 1.93. The third-order valence-electron chi connectivity index (χ3n) is 1.95. The van der Waals surface area contributed by atoms with Crippen LogP contribution in [0.5, 0.6) is 5.75 Å². The first kappa shape index (κ1) is 10.2. The highest BCUT2D eigenvalue weighted by molar-refractivity contribution is 7.22. The molecular formula is C8H9BN2O3S. The van der Waals surface area contributed by atoms with E-state index in [-0.39, 0.29) is 0 Å². The van der Waals surface area contributed by atoms with Gasteiger partial charge >= 0.3 is 7.32 Å². The van der Waals surface area contributed by atoms with Gasteiger partial charge in [-0.1, -0.05) is 17.4 Å². The fourth-order valence-corrected chi connectivity index (χ4v) is 2.15. The van der Waals surface area contributed by atoms with E-state index in [4.69, 9.17) is 20.4 Å². The van der Waals surface area contributed by atoms with Crippen molar-refractivity contribution in [3.8, 4) is 5.75 Å². The van der Waals surface area contributed by atoms with Crippen LogP contribution in [0, 0.1) is 6.92 Å². The fourth-order valence-electron chi connectivity index (χ4n) is 1.33. The molecular weight excluding hydrogens is 215 g/mol. The molecule has 1 aromatic heterocycles. The van der Waals surface area contributed by atoms with Crippen molar-refractivity contribution < 1.29 is 14.7 Å². The molecule has 0 saturated carbocycles. The van der Waals surface area contributed by atoms with Crippen LogP contribution in [0.4, 0.5) is 5.13 Å². The van der Waals surface area contributed by atoms with Crippen LogP contribution in [-0.4, -0.2) is 22.4 Å². The van der Waals surface area contributed by atoms with Crippen LogP contribution in [0.2, 0.25) is 0 Å². The van der Waals surface area contributed by atoms with Crippen molar-refractivity contribution in [2.75, 3.05) is 5.73 Å². The van der Waals surface area contributed by atoms with Gasteiger partial charge in [-0.2, -0.15) is 0 Å². The summed E-state index contributed by atoms with van der Waals surface area (Å²) in [5, 5.41) is 17.9. The first-order chi connectivity index (χ1) is 7.08. The molecule has 0 aliphatic rings. The summed E-state index contributed by atoms with van der Waals surface area (Å²) in [6.07, 6.45) is 0. The molecule has 0 aliphatic heterocycles. The molecule has 0 bridgehead atoms. The van der Waals surface area contributed by atoms with Gasteiger partial charge in [-0.05, 0) is 18.6 Å². The number of anilines is 1. The summed E-state index contributed by atoms with van der Waals surface area (Å²) >= 11 is 1.34. The zero-order valence-corrected chi connectivity index (χ0v) is 8.78. The number of nitrogens with zero attached hydrogens (tertiary/aromatic N) is 1. The molecule has 1 aromatic carbocycles. The molecule has 78 valence electrons. The standard InChI is InChI=1S/C8H9BN2O3S/c1-4-2-3-5(14-9(12)13)6-7(4)15-8(10)11-6/h2-3,12-13H,1H3,(H2,10,11). The Bertz CT molecular complexity index is 500. The summed E-state index contributed by atoms with van der Waals surface area (Å²) in [4.78, 5) is 4.08. The second-order valence-corrected chi connectivity index (χ2v) is 4.09. The number of aryl methyl sites for hydroxylation is 1. The lowest BCUT2D eigenvalue weighted by Crippen LogP contribution is -2.20. The van der Waals surface area contributed by atoms with Gasteiger partial charge in [0.25, 0.3) is 0 Å². The minimum Gasteiger partial charge on any atom is -0.510 e. The van der Waals surface area contributed by atoms with Crippen LogP contribution in [0.15, 0.2) is 12.1 Å². The molecule has 0 spiro atoms. The molecule has 1 heterocycles. The highest BCUT2D eigenvalue weighted by Gasteiger charge is 2.16. The summed E-state index contributed by atoms with van der Waals surface area (Å²) < 4.78 is 5.69. The molecule has 4 N–H and O–H groups in total. The van der Waals surface area contributed by atoms with Crippen LogP contribution in [0.25, 0.3) is 10.2 Å². The zero-order chi connectivity index (χ0) is 11.0. The van der Waals surface area contributed by atoms with Gasteiger partial charge in [0, 0.05) is 0 Å². The van der Waals surface area contributed by atoms with Crippen LogP contribution in [0.3, 0.4) is 0 Å². The minimum atomic E-state index is -1.85. The second kappa shape index (κ2) is 3.69. The molecule has 5 nitrogen and oxygen atoms in total. The van der Waals surface area contributed by atoms with Crippen molar-refractivity contribution in [3.63, 3.8) is 0 Å². The summed E-state index contributed by atoms with van der Waals surface area (Å²) in [6, 6.07) is 3.45. The van der Waals surface area contributed by atoms with Crippen LogP contribution in [0.1, 0.15) is 5.56 Å². The topological polar surface area (TPSA) is 88.6 Å². The molecule has 0 unspecified atom stereocenters. The number of hydrogen-bond donors (Lipinski definition) is 3. The Morgan fingerprint density at radius 3 is 2.87 bits per heavy atom. The highest BCUT2D eigenvalue weighted by atomic mass is 32.1. The molecule has 2 rings (SSSR count). The SMILES string of the molecule is Cc1ccc(OB(O)O)c2nc(N)sc12. The van der Waals surface area contributed by atoms with E-state index in [1.165, 1.54) is 11.3 Å². The first-order valence-electron chi connectivity index (χ1n) is 4.26. The number of fused-ring (bicyclic) bond motifs is 1. The normalized spacial score (nSPS) is 10.6. The molecule has 7 heteroatoms. The van der Waals surface area contributed by atoms with E-state index < -0.39 is 7.32 Å². The first-order valence-corrected chi connectivity index (χ1v) is 5.08. The smallest absolute Gasteiger partial charge is 0.510 e. The molecule has 0 fully saturated rings. The van der Waals surface area contributed by atoms with Crippen molar-refractivity contribution in [1.29, 1.82) is 0 Å². The van der Waals surface area contributed by atoms with E-state index >= 15 is 0 Å². The molecule has 0 saturated heterocycles. The van der Waals surface area contributed by atoms with Crippen molar-refractivity contribution in [1.82, 2.24) is 4.98 Å². The lowest BCUT2D eigenvalue weighted by Gasteiger charge is -2.05. The van der Waals surface area contributed by atoms with E-state index in [1.54, 1.807) is 6.07 Å². The van der Waals surface area contributed by atoms with Gasteiger partial charge in [0.05, 0.1) is 4.70 Å². The summed E-state index contributed by atoms with van der Waals surface area (Å²) in [5.74, 6) is 0.318. The fraction of sp³-hybridized carbons (Fsp3) is 0.125. The Morgan fingerprint density at radius 1 is 1.47 bits per heavy atom. The quantitative estimate of drug-likeness (QED) is 0.647. The largest absolute Gasteiger partial charge is 0.707 e. The highest BCUT2D eigenvalue weighted by Crippen LogP contribution is 2.33. The van der Waals surface area contributed by atoms with Gasteiger partial charge in [0.2, 0.25) is 0 Å². The predicted molar refractivity (Wildman–Crippen MR) is 59.6 cm³/mol. The lowest BCUT2D eigenvalue weighted by molar-refractivity contribution is 0.289. The average Bonchev–Trinajstić information content (AvgIpc) is 2.52. The Morgan fingerprint density at radius 2 is 2.20 bits per heavy atom. The van der Waals surface area contributed by atoms with Crippen molar-refractivity contribution >= 4 is 34.0 Å². The Hall–Kier alpha value is -1.31. The maximum atomic E-state index is 8.72. The Balaban J connectivity index is 2.60. The third kappa shape index (κ3) is 1.89. The lowest BCUT2D eigenvalue weighted by atomic mass is 10.2. The zero-order valence-electron chi connectivity index (χ0n) is 7.97. The predicted octanol–water partition coefficient (Wildman–Crippen LogP) is 0.535. The van der Waals surface area contributed by atoms with Crippen LogP contribution < -0.4 is 10.4 Å². The van der Waals surface area contributed by atoms with E-state index in [9.17, 15) is 0 Å². The maximum absolute atomic E-state index is 8.72. The van der Waals surface area contributed by atoms with E-state index in [2.05, 4.69) is 4.98 Å². The molecule has 2 aromatic rings. The van der Waals surface area contributed by atoms with Gasteiger partial charge in [-0.15, -0.1) is 0 Å². The van der Waals surface area contributed by atoms with Crippen LogP contribution >= 0.6 is 11.3 Å². The van der Waals surface area contributed by atoms with Gasteiger partial charge in [-0.25, -0.2) is 4.98 Å². The van der Waals surface area contributed by atoms with Crippen LogP contribution in [-0.2, 0) is 0 Å². The number of benzene rings is 1. The van der Waals surface area contributed by atoms with Crippen molar-refractivity contribution in [2.45, 2.75) is 6.92 Å². The molecule has 0 atom stereocenters. The van der Waals surface area contributed by atoms with Gasteiger partial charge in [0.15, 0.2) is 5.13 Å². The minimum absolute atomic E-state index is 0.318. The van der Waals surface area contributed by atoms with E-state index in [0.29, 0.717) is 16.4 Å². The summed E-state index contributed by atoms with van der Waals surface area (Å²) in [5.41, 5.74) is 7.17. The summed E-state index contributed by atoms with van der Waals surface area (Å²) in [7, 11) is -1.85. The number of rotatable bonds is 2. The Labute approximate surface area is 90.3 Å². The molecule has 0 aliphatic carbocycles. The van der Waals surface area contributed by atoms with E-state index in [1.807, 2.05) is 13.0 Å². The third-order valence-corrected chi connectivity index (χ3v) is 2.97. The molecule has 0 amide bonds. The number of hydrogen-bond acceptors (Lipinski definition) is 6. The monoisotopic (exact) mass is 224 g/mol. The number of nitrogens with two attached hydrogens (primary N) is 1. The molecule has 0 radical (unpaired) electrons. The number of thiazole rings is 1. The van der Waals surface area contributed by atoms with Gasteiger partial charge < -0.3 is 20.4 Å². The van der Waals surface area contributed by atoms with Gasteiger partial charge in [0.1, 0.15) is 11.3 Å². The maximum Gasteiger partial charge on any atom is 0.707 e. The molecule has 15 heavy (non-hydrogen) atoms. The number of nitrogen functional groups attached to an aromatic ring is 1. The number of aromatic nitrogens is 1. The second-order valence-electron chi connectivity index (χ2n) is 3.05. The van der Waals surface area contributed by atoms with Crippen molar-refractivity contribution in [2.24, 2.45) is 0 Å². The van der Waals surface area contributed by atoms with Gasteiger partial charge in [-0.3, -0.25) is 0 Å². The van der Waals surface area contributed by atoms with Crippen molar-refractivity contribution in [3.05, 3.63) is 17.7 Å². The van der Waals surface area contributed by atoms with E-state index in [0.717, 1.165) is 10.3 Å². The Kier molecular flexibility index (Phi) is 2.51.